The van der Waals surface area contributed by atoms with Crippen LogP contribution in [0, 0.1) is 0 Å². The van der Waals surface area contributed by atoms with Crippen LogP contribution < -0.4 is 0 Å². The molecule has 0 aliphatic heterocycles. The lowest BCUT2D eigenvalue weighted by Gasteiger charge is -2.03. The van der Waals surface area contributed by atoms with Crippen molar-refractivity contribution >= 4 is 50.6 Å². The topological polar surface area (TPSA) is 65.0 Å². The summed E-state index contributed by atoms with van der Waals surface area (Å²) in [5, 5.41) is 6.58. The summed E-state index contributed by atoms with van der Waals surface area (Å²) < 4.78 is 5.34. The fraction of sp³-hybridized carbons (Fsp3) is 0.111. The molecule has 0 N–H and O–H groups in total. The molecule has 3 heterocycles. The van der Waals surface area contributed by atoms with Crippen molar-refractivity contribution in [3.05, 3.63) is 59.2 Å². The number of fused-ring (bicyclic) bond motifs is 1. The zero-order valence-electron chi connectivity index (χ0n) is 13.5. The van der Waals surface area contributed by atoms with E-state index < -0.39 is 0 Å². The number of ether oxygens (including phenoxy) is 1. The van der Waals surface area contributed by atoms with Crippen LogP contribution in [0.4, 0.5) is 0 Å². The van der Waals surface area contributed by atoms with Crippen molar-refractivity contribution in [2.24, 2.45) is 0 Å². The predicted molar refractivity (Wildman–Crippen MR) is 105 cm³/mol. The van der Waals surface area contributed by atoms with E-state index in [0.29, 0.717) is 0 Å². The maximum Gasteiger partial charge on any atom is 0.316 e. The molecule has 0 aliphatic carbocycles. The third kappa shape index (κ3) is 3.92. The number of nitrogens with zero attached hydrogens (tertiary/aromatic N) is 3. The van der Waals surface area contributed by atoms with Gasteiger partial charge in [-0.05, 0) is 11.4 Å². The molecule has 0 saturated heterocycles. The molecule has 0 fully saturated rings. The van der Waals surface area contributed by atoms with Crippen LogP contribution in [0.25, 0.3) is 20.8 Å². The van der Waals surface area contributed by atoms with E-state index in [4.69, 9.17) is 4.74 Å². The van der Waals surface area contributed by atoms with E-state index >= 15 is 0 Å². The summed E-state index contributed by atoms with van der Waals surface area (Å²) in [5.74, 6) is -0.0799. The van der Waals surface area contributed by atoms with Gasteiger partial charge in [0.15, 0.2) is 0 Å². The summed E-state index contributed by atoms with van der Waals surface area (Å²) in [6.07, 6.45) is 1.52. The van der Waals surface area contributed by atoms with Gasteiger partial charge in [-0.3, -0.25) is 4.79 Å². The number of thiophene rings is 1. The van der Waals surface area contributed by atoms with Crippen LogP contribution in [0.2, 0.25) is 0 Å². The zero-order valence-corrected chi connectivity index (χ0v) is 15.9. The minimum Gasteiger partial charge on any atom is -0.459 e. The number of aromatic nitrogens is 3. The molecule has 3 aromatic heterocycles. The SMILES string of the molecule is O=C(CSc1ncnc2sccc12)OCc1csc(-c2ccccc2)n1. The Kier molecular flexibility index (Phi) is 5.24. The molecular formula is C18H13N3O2S3. The summed E-state index contributed by atoms with van der Waals surface area (Å²) in [6.45, 7) is 0.181. The van der Waals surface area contributed by atoms with Crippen LogP contribution in [0.1, 0.15) is 5.69 Å². The van der Waals surface area contributed by atoms with E-state index in [1.54, 1.807) is 22.7 Å². The van der Waals surface area contributed by atoms with E-state index in [9.17, 15) is 4.79 Å². The van der Waals surface area contributed by atoms with E-state index in [-0.39, 0.29) is 18.3 Å². The fourth-order valence-electron chi connectivity index (χ4n) is 2.29. The molecule has 26 heavy (non-hydrogen) atoms. The Balaban J connectivity index is 1.32. The number of thioether (sulfide) groups is 1. The quantitative estimate of drug-likeness (QED) is 0.267. The highest BCUT2D eigenvalue weighted by Gasteiger charge is 2.11. The Hall–Kier alpha value is -2.29. The van der Waals surface area contributed by atoms with Crippen molar-refractivity contribution in [2.75, 3.05) is 5.75 Å². The largest absolute Gasteiger partial charge is 0.459 e. The van der Waals surface area contributed by atoms with Crippen LogP contribution in [-0.2, 0) is 16.1 Å². The maximum atomic E-state index is 12.0. The second kappa shape index (κ2) is 7.94. The summed E-state index contributed by atoms with van der Waals surface area (Å²) in [6, 6.07) is 11.9. The fourth-order valence-corrected chi connectivity index (χ4v) is 4.68. The number of benzene rings is 1. The predicted octanol–water partition coefficient (Wildman–Crippen LogP) is 4.65. The number of rotatable bonds is 6. The van der Waals surface area contributed by atoms with Gasteiger partial charge < -0.3 is 4.74 Å². The van der Waals surface area contributed by atoms with E-state index in [1.807, 2.05) is 47.2 Å². The molecule has 0 radical (unpaired) electrons. The summed E-state index contributed by atoms with van der Waals surface area (Å²) >= 11 is 4.46. The molecular weight excluding hydrogens is 386 g/mol. The molecule has 0 amide bonds. The first-order chi connectivity index (χ1) is 12.8. The summed E-state index contributed by atoms with van der Waals surface area (Å²) in [5.41, 5.74) is 1.82. The Morgan fingerprint density at radius 3 is 2.88 bits per heavy atom. The molecule has 4 rings (SSSR count). The Labute approximate surface area is 162 Å². The van der Waals surface area contributed by atoms with Gasteiger partial charge in [0.25, 0.3) is 0 Å². The van der Waals surface area contributed by atoms with Crippen molar-refractivity contribution in [2.45, 2.75) is 11.6 Å². The number of carbonyl (C=O) groups excluding carboxylic acids is 1. The van der Waals surface area contributed by atoms with Crippen molar-refractivity contribution in [1.29, 1.82) is 0 Å². The smallest absolute Gasteiger partial charge is 0.316 e. The zero-order chi connectivity index (χ0) is 17.8. The minimum absolute atomic E-state index is 0.181. The highest BCUT2D eigenvalue weighted by atomic mass is 32.2. The molecule has 0 aliphatic rings. The summed E-state index contributed by atoms with van der Waals surface area (Å²) in [4.78, 5) is 25.9. The summed E-state index contributed by atoms with van der Waals surface area (Å²) in [7, 11) is 0. The van der Waals surface area contributed by atoms with Crippen molar-refractivity contribution in [3.8, 4) is 10.6 Å². The van der Waals surface area contributed by atoms with Gasteiger partial charge in [-0.2, -0.15) is 0 Å². The first-order valence-electron chi connectivity index (χ1n) is 7.76. The molecule has 130 valence electrons. The van der Waals surface area contributed by atoms with E-state index in [2.05, 4.69) is 15.0 Å². The normalized spacial score (nSPS) is 10.9. The van der Waals surface area contributed by atoms with Gasteiger partial charge in [-0.1, -0.05) is 42.1 Å². The van der Waals surface area contributed by atoms with Gasteiger partial charge in [-0.15, -0.1) is 22.7 Å². The highest BCUT2D eigenvalue weighted by Crippen LogP contribution is 2.28. The number of hydrogen-bond acceptors (Lipinski definition) is 8. The molecule has 1 aromatic carbocycles. The second-order valence-electron chi connectivity index (χ2n) is 5.28. The monoisotopic (exact) mass is 399 g/mol. The average Bonchev–Trinajstić information content (AvgIpc) is 3.35. The molecule has 0 spiro atoms. The third-order valence-electron chi connectivity index (χ3n) is 3.51. The number of esters is 1. The van der Waals surface area contributed by atoms with Gasteiger partial charge in [0, 0.05) is 16.3 Å². The van der Waals surface area contributed by atoms with Gasteiger partial charge in [-0.25, -0.2) is 15.0 Å². The molecule has 0 saturated carbocycles. The number of carbonyl (C=O) groups is 1. The maximum absolute atomic E-state index is 12.0. The molecule has 4 aromatic rings. The van der Waals surface area contributed by atoms with Gasteiger partial charge >= 0.3 is 5.97 Å². The highest BCUT2D eigenvalue weighted by molar-refractivity contribution is 8.00. The molecule has 0 unspecified atom stereocenters. The van der Waals surface area contributed by atoms with Gasteiger partial charge in [0.05, 0.1) is 11.4 Å². The first kappa shape index (κ1) is 17.1. The first-order valence-corrected chi connectivity index (χ1v) is 10.5. The minimum atomic E-state index is -0.286. The lowest BCUT2D eigenvalue weighted by Crippen LogP contribution is -2.07. The Morgan fingerprint density at radius 2 is 2.00 bits per heavy atom. The van der Waals surface area contributed by atoms with Crippen molar-refractivity contribution in [1.82, 2.24) is 15.0 Å². The second-order valence-corrected chi connectivity index (χ2v) is 7.99. The number of thiazole rings is 1. The lowest BCUT2D eigenvalue weighted by atomic mass is 10.2. The van der Waals surface area contributed by atoms with E-state index in [1.165, 1.54) is 18.1 Å². The Morgan fingerprint density at radius 1 is 1.12 bits per heavy atom. The standard InChI is InChI=1S/C18H13N3O2S3/c22-15(10-26-18-14-6-7-24-17(14)19-11-20-18)23-8-13-9-25-16(21-13)12-4-2-1-3-5-12/h1-7,9,11H,8,10H2. The van der Waals surface area contributed by atoms with Gasteiger partial charge in [0.1, 0.15) is 27.8 Å². The average molecular weight is 400 g/mol. The van der Waals surface area contributed by atoms with Crippen molar-refractivity contribution < 1.29 is 9.53 Å². The molecule has 0 atom stereocenters. The Bertz CT molecular complexity index is 1030. The van der Waals surface area contributed by atoms with Gasteiger partial charge in [0.2, 0.25) is 0 Å². The third-order valence-corrected chi connectivity index (χ3v) is 6.25. The number of hydrogen-bond donors (Lipinski definition) is 0. The molecule has 0 bridgehead atoms. The molecule has 8 heteroatoms. The lowest BCUT2D eigenvalue weighted by molar-refractivity contribution is -0.141. The van der Waals surface area contributed by atoms with Crippen LogP contribution in [-0.4, -0.2) is 26.7 Å². The van der Waals surface area contributed by atoms with E-state index in [0.717, 1.165) is 31.5 Å². The molecule has 5 nitrogen and oxygen atoms in total. The van der Waals surface area contributed by atoms with Crippen molar-refractivity contribution in [3.63, 3.8) is 0 Å². The van der Waals surface area contributed by atoms with Crippen LogP contribution >= 0.6 is 34.4 Å². The van der Waals surface area contributed by atoms with Crippen LogP contribution in [0.5, 0.6) is 0 Å². The van der Waals surface area contributed by atoms with Crippen LogP contribution in [0.3, 0.4) is 0 Å². The van der Waals surface area contributed by atoms with Crippen LogP contribution in [0.15, 0.2) is 58.5 Å².